The summed E-state index contributed by atoms with van der Waals surface area (Å²) >= 11 is 3.37. The lowest BCUT2D eigenvalue weighted by molar-refractivity contribution is 0.0222. The van der Waals surface area contributed by atoms with Gasteiger partial charge in [0, 0.05) is 13.2 Å². The minimum absolute atomic E-state index is 0.00398. The Labute approximate surface area is 116 Å². The van der Waals surface area contributed by atoms with E-state index in [-0.39, 0.29) is 12.6 Å². The second kappa shape index (κ2) is 6.63. The van der Waals surface area contributed by atoms with Gasteiger partial charge in [-0.05, 0) is 49.2 Å². The molecule has 0 aliphatic heterocycles. The molecule has 2 N–H and O–H groups in total. The molecule has 18 heavy (non-hydrogen) atoms. The number of alkyl halides is 1. The van der Waals surface area contributed by atoms with Gasteiger partial charge < -0.3 is 10.5 Å². The van der Waals surface area contributed by atoms with Crippen LogP contribution in [-0.2, 0) is 10.4 Å². The van der Waals surface area contributed by atoms with Crippen LogP contribution in [0.2, 0.25) is 0 Å². The van der Waals surface area contributed by atoms with Gasteiger partial charge in [-0.3, -0.25) is 4.68 Å². The summed E-state index contributed by atoms with van der Waals surface area (Å²) in [6, 6.07) is 0.0937. The predicted molar refractivity (Wildman–Crippen MR) is 73.3 cm³/mol. The van der Waals surface area contributed by atoms with E-state index in [1.54, 1.807) is 10.9 Å². The number of rotatable bonds is 7. The van der Waals surface area contributed by atoms with Crippen LogP contribution in [0.1, 0.15) is 38.4 Å². The zero-order valence-electron chi connectivity index (χ0n) is 11.1. The van der Waals surface area contributed by atoms with Gasteiger partial charge in [0.1, 0.15) is 0 Å². The summed E-state index contributed by atoms with van der Waals surface area (Å²) in [6.45, 7) is 4.41. The van der Waals surface area contributed by atoms with Gasteiger partial charge in [-0.15, -0.1) is 0 Å². The van der Waals surface area contributed by atoms with Crippen LogP contribution in [0.15, 0.2) is 10.7 Å². The smallest absolute Gasteiger partial charge is 0.176 e. The summed E-state index contributed by atoms with van der Waals surface area (Å²) in [5.41, 5.74) is 4.45. The van der Waals surface area contributed by atoms with Crippen molar-refractivity contribution < 1.29 is 9.13 Å². The van der Waals surface area contributed by atoms with Crippen LogP contribution in [0.5, 0.6) is 0 Å². The molecule has 0 radical (unpaired) electrons. The van der Waals surface area contributed by atoms with Gasteiger partial charge in [0.05, 0.1) is 23.0 Å². The molecule has 0 aromatic carbocycles. The molecule has 1 aromatic heterocycles. The highest BCUT2D eigenvalue weighted by Crippen LogP contribution is 2.37. The number of hydrogen-bond donors (Lipinski definition) is 1. The van der Waals surface area contributed by atoms with Crippen molar-refractivity contribution >= 4 is 15.9 Å². The van der Waals surface area contributed by atoms with Crippen molar-refractivity contribution in [2.24, 2.45) is 5.73 Å². The molecule has 0 saturated carbocycles. The minimum Gasteiger partial charge on any atom is -0.381 e. The van der Waals surface area contributed by atoms with E-state index in [1.807, 2.05) is 13.8 Å². The molecule has 0 fully saturated rings. The molecule has 1 unspecified atom stereocenters. The molecule has 104 valence electrons. The summed E-state index contributed by atoms with van der Waals surface area (Å²) in [6.07, 6.45) is 2.56. The van der Waals surface area contributed by atoms with Gasteiger partial charge in [-0.25, -0.2) is 4.39 Å². The average molecular weight is 322 g/mol. The molecule has 1 rings (SSSR count). The largest absolute Gasteiger partial charge is 0.381 e. The highest BCUT2D eigenvalue weighted by molar-refractivity contribution is 9.10. The SMILES string of the molecule is COCC(F)(CCCN)c1c(Br)cnn1C(C)C. The van der Waals surface area contributed by atoms with Gasteiger partial charge in [-0.2, -0.15) is 5.10 Å². The fourth-order valence-corrected chi connectivity index (χ4v) is 2.65. The number of halogens is 2. The quantitative estimate of drug-likeness (QED) is 0.840. The third-order valence-electron chi connectivity index (χ3n) is 2.81. The molecule has 0 saturated heterocycles. The molecule has 6 heteroatoms. The van der Waals surface area contributed by atoms with Gasteiger partial charge in [0.2, 0.25) is 0 Å². The van der Waals surface area contributed by atoms with Gasteiger partial charge >= 0.3 is 0 Å². The maximum absolute atomic E-state index is 15.2. The summed E-state index contributed by atoms with van der Waals surface area (Å²) in [5, 5.41) is 4.21. The first-order chi connectivity index (χ1) is 8.46. The normalized spacial score (nSPS) is 15.1. The summed E-state index contributed by atoms with van der Waals surface area (Å²) in [7, 11) is 1.50. The first-order valence-corrected chi connectivity index (χ1v) is 6.87. The second-order valence-electron chi connectivity index (χ2n) is 4.67. The molecule has 0 aliphatic rings. The van der Waals surface area contributed by atoms with Crippen molar-refractivity contribution in [1.82, 2.24) is 9.78 Å². The lowest BCUT2D eigenvalue weighted by atomic mass is 9.96. The number of hydrogen-bond acceptors (Lipinski definition) is 3. The second-order valence-corrected chi connectivity index (χ2v) is 5.52. The van der Waals surface area contributed by atoms with Crippen LogP contribution in [0, 0.1) is 0 Å². The van der Waals surface area contributed by atoms with Gasteiger partial charge in [0.25, 0.3) is 0 Å². The molecule has 1 heterocycles. The van der Waals surface area contributed by atoms with Crippen LogP contribution in [-0.4, -0.2) is 30.0 Å². The molecule has 1 aromatic rings. The third-order valence-corrected chi connectivity index (χ3v) is 3.39. The molecule has 0 amide bonds. The van der Waals surface area contributed by atoms with Crippen LogP contribution in [0.4, 0.5) is 4.39 Å². The topological polar surface area (TPSA) is 53.1 Å². The Morgan fingerprint density at radius 1 is 1.61 bits per heavy atom. The van der Waals surface area contributed by atoms with E-state index in [0.717, 1.165) is 0 Å². The predicted octanol–water partition coefficient (Wildman–Crippen LogP) is 2.78. The first-order valence-electron chi connectivity index (χ1n) is 6.07. The molecule has 0 spiro atoms. The van der Waals surface area contributed by atoms with E-state index in [0.29, 0.717) is 29.6 Å². The van der Waals surface area contributed by atoms with E-state index in [4.69, 9.17) is 10.5 Å². The number of nitrogens with two attached hydrogens (primary N) is 1. The Kier molecular flexibility index (Phi) is 5.75. The van der Waals surface area contributed by atoms with Crippen molar-refractivity contribution in [3.63, 3.8) is 0 Å². The zero-order valence-corrected chi connectivity index (χ0v) is 12.7. The number of ether oxygens (including phenoxy) is 1. The van der Waals surface area contributed by atoms with Crippen molar-refractivity contribution in [1.29, 1.82) is 0 Å². The standard InChI is InChI=1S/C12H21BrFN3O/c1-9(2)17-11(10(13)7-16-17)12(14,8-18-3)5-4-6-15/h7,9H,4-6,8,15H2,1-3H3. The minimum atomic E-state index is -1.56. The van der Waals surface area contributed by atoms with Crippen molar-refractivity contribution in [3.8, 4) is 0 Å². The highest BCUT2D eigenvalue weighted by atomic mass is 79.9. The van der Waals surface area contributed by atoms with E-state index >= 15 is 4.39 Å². The molecule has 1 atom stereocenters. The maximum atomic E-state index is 15.2. The molecule has 0 bridgehead atoms. The molecule has 0 aliphatic carbocycles. The van der Waals surface area contributed by atoms with Crippen LogP contribution < -0.4 is 5.73 Å². The van der Waals surface area contributed by atoms with Crippen molar-refractivity contribution in [2.75, 3.05) is 20.3 Å². The van der Waals surface area contributed by atoms with Crippen molar-refractivity contribution in [2.45, 2.75) is 38.4 Å². The summed E-state index contributed by atoms with van der Waals surface area (Å²) in [5.74, 6) is 0. The van der Waals surface area contributed by atoms with Crippen molar-refractivity contribution in [3.05, 3.63) is 16.4 Å². The van der Waals surface area contributed by atoms with Gasteiger partial charge in [-0.1, -0.05) is 0 Å². The van der Waals surface area contributed by atoms with E-state index in [9.17, 15) is 0 Å². The van der Waals surface area contributed by atoms with E-state index in [2.05, 4.69) is 21.0 Å². The van der Waals surface area contributed by atoms with Crippen LogP contribution in [0.3, 0.4) is 0 Å². The fourth-order valence-electron chi connectivity index (χ4n) is 2.02. The van der Waals surface area contributed by atoms with E-state index < -0.39 is 5.67 Å². The summed E-state index contributed by atoms with van der Waals surface area (Å²) < 4.78 is 22.6. The average Bonchev–Trinajstić information content (AvgIpc) is 2.70. The lowest BCUT2D eigenvalue weighted by Crippen LogP contribution is -2.31. The molecular formula is C12H21BrFN3O. The van der Waals surface area contributed by atoms with Crippen LogP contribution in [0.25, 0.3) is 0 Å². The van der Waals surface area contributed by atoms with E-state index in [1.165, 1.54) is 7.11 Å². The number of methoxy groups -OCH3 is 1. The van der Waals surface area contributed by atoms with Gasteiger partial charge in [0.15, 0.2) is 5.67 Å². The Morgan fingerprint density at radius 3 is 2.78 bits per heavy atom. The summed E-state index contributed by atoms with van der Waals surface area (Å²) in [4.78, 5) is 0. The molecule has 4 nitrogen and oxygen atoms in total. The Bertz CT molecular complexity index is 383. The highest BCUT2D eigenvalue weighted by Gasteiger charge is 2.37. The fraction of sp³-hybridized carbons (Fsp3) is 0.750. The molecular weight excluding hydrogens is 301 g/mol. The monoisotopic (exact) mass is 321 g/mol. The number of nitrogens with zero attached hydrogens (tertiary/aromatic N) is 2. The Hall–Kier alpha value is -0.460. The Morgan fingerprint density at radius 2 is 2.28 bits per heavy atom. The maximum Gasteiger partial charge on any atom is 0.176 e. The Balaban J connectivity index is 3.15. The zero-order chi connectivity index (χ0) is 13.8. The lowest BCUT2D eigenvalue weighted by Gasteiger charge is -2.27. The number of aromatic nitrogens is 2. The third kappa shape index (κ3) is 3.30. The first kappa shape index (κ1) is 15.6. The van der Waals surface area contributed by atoms with Crippen LogP contribution >= 0.6 is 15.9 Å².